The van der Waals surface area contributed by atoms with Crippen LogP contribution in [0.25, 0.3) is 11.1 Å². The van der Waals surface area contributed by atoms with Crippen molar-refractivity contribution >= 4 is 5.78 Å². The smallest absolute Gasteiger partial charge is 0.193 e. The van der Waals surface area contributed by atoms with Gasteiger partial charge in [-0.3, -0.25) is 4.79 Å². The van der Waals surface area contributed by atoms with Gasteiger partial charge in [0.05, 0.1) is 0 Å². The molecule has 2 rings (SSSR count). The van der Waals surface area contributed by atoms with Crippen molar-refractivity contribution in [2.75, 3.05) is 0 Å². The van der Waals surface area contributed by atoms with E-state index in [1.54, 1.807) is 6.07 Å². The standard InChI is InChI=1S/C17H18O2/c1-12-7-9-13(10-8-12)14-5-4-6-15(11-14)16(18)17(2,3)19/h4-11,19H,1-3H3. The monoisotopic (exact) mass is 254 g/mol. The van der Waals surface area contributed by atoms with E-state index >= 15 is 0 Å². The van der Waals surface area contributed by atoms with Crippen LogP contribution < -0.4 is 0 Å². The first-order chi connectivity index (χ1) is 8.88. The van der Waals surface area contributed by atoms with Gasteiger partial charge in [0.2, 0.25) is 0 Å². The molecule has 19 heavy (non-hydrogen) atoms. The van der Waals surface area contributed by atoms with E-state index in [0.29, 0.717) is 5.56 Å². The lowest BCUT2D eigenvalue weighted by Crippen LogP contribution is -2.31. The van der Waals surface area contributed by atoms with Gasteiger partial charge in [-0.2, -0.15) is 0 Å². The molecule has 0 aliphatic heterocycles. The highest BCUT2D eigenvalue weighted by Crippen LogP contribution is 2.22. The van der Waals surface area contributed by atoms with E-state index in [9.17, 15) is 9.90 Å². The summed E-state index contributed by atoms with van der Waals surface area (Å²) < 4.78 is 0. The van der Waals surface area contributed by atoms with Crippen LogP contribution >= 0.6 is 0 Å². The van der Waals surface area contributed by atoms with Crippen LogP contribution in [0.2, 0.25) is 0 Å². The molecule has 0 aliphatic rings. The summed E-state index contributed by atoms with van der Waals surface area (Å²) in [6.07, 6.45) is 0. The van der Waals surface area contributed by atoms with E-state index in [4.69, 9.17) is 0 Å². The molecule has 2 nitrogen and oxygen atoms in total. The van der Waals surface area contributed by atoms with Crippen LogP contribution in [0.5, 0.6) is 0 Å². The number of Topliss-reactive ketones (excluding diaryl/α,β-unsaturated/α-hetero) is 1. The summed E-state index contributed by atoms with van der Waals surface area (Å²) in [7, 11) is 0. The highest BCUT2D eigenvalue weighted by Gasteiger charge is 2.25. The van der Waals surface area contributed by atoms with Crippen molar-refractivity contribution in [2.45, 2.75) is 26.4 Å². The van der Waals surface area contributed by atoms with Crippen LogP contribution in [0.4, 0.5) is 0 Å². The summed E-state index contributed by atoms with van der Waals surface area (Å²) in [4.78, 5) is 12.1. The van der Waals surface area contributed by atoms with Gasteiger partial charge in [0, 0.05) is 5.56 Å². The fourth-order valence-electron chi connectivity index (χ4n) is 1.94. The highest BCUT2D eigenvalue weighted by atomic mass is 16.3. The molecule has 0 saturated carbocycles. The van der Waals surface area contributed by atoms with E-state index in [1.807, 2.05) is 49.4 Å². The third kappa shape index (κ3) is 3.09. The SMILES string of the molecule is Cc1ccc(-c2cccc(C(=O)C(C)(C)O)c2)cc1. The number of hydrogen-bond acceptors (Lipinski definition) is 2. The number of benzene rings is 2. The van der Waals surface area contributed by atoms with Crippen molar-refractivity contribution in [1.29, 1.82) is 0 Å². The highest BCUT2D eigenvalue weighted by molar-refractivity contribution is 6.02. The van der Waals surface area contributed by atoms with Crippen molar-refractivity contribution in [3.05, 3.63) is 59.7 Å². The van der Waals surface area contributed by atoms with Gasteiger partial charge in [-0.25, -0.2) is 0 Å². The maximum absolute atomic E-state index is 12.1. The molecule has 0 spiro atoms. The van der Waals surface area contributed by atoms with Crippen molar-refractivity contribution in [3.63, 3.8) is 0 Å². The molecule has 0 bridgehead atoms. The Kier molecular flexibility index (Phi) is 3.54. The van der Waals surface area contributed by atoms with Gasteiger partial charge < -0.3 is 5.11 Å². The van der Waals surface area contributed by atoms with Gasteiger partial charge in [0.25, 0.3) is 0 Å². The molecule has 1 N–H and O–H groups in total. The van der Waals surface area contributed by atoms with Crippen LogP contribution in [-0.2, 0) is 0 Å². The number of aryl methyl sites for hydroxylation is 1. The Labute approximate surface area is 113 Å². The maximum Gasteiger partial charge on any atom is 0.193 e. The topological polar surface area (TPSA) is 37.3 Å². The quantitative estimate of drug-likeness (QED) is 0.849. The van der Waals surface area contributed by atoms with Crippen LogP contribution in [0.15, 0.2) is 48.5 Å². The number of carbonyl (C=O) groups is 1. The lowest BCUT2D eigenvalue weighted by molar-refractivity contribution is 0.0488. The van der Waals surface area contributed by atoms with Crippen LogP contribution in [0.1, 0.15) is 29.8 Å². The van der Waals surface area contributed by atoms with Crippen molar-refractivity contribution in [2.24, 2.45) is 0 Å². The van der Waals surface area contributed by atoms with Crippen LogP contribution in [0.3, 0.4) is 0 Å². The number of ketones is 1. The Morgan fingerprint density at radius 1 is 1.00 bits per heavy atom. The second-order valence-corrected chi connectivity index (χ2v) is 5.33. The first-order valence-corrected chi connectivity index (χ1v) is 6.32. The number of rotatable bonds is 3. The first-order valence-electron chi connectivity index (χ1n) is 6.32. The molecule has 0 aliphatic carbocycles. The zero-order valence-corrected chi connectivity index (χ0v) is 11.5. The van der Waals surface area contributed by atoms with E-state index in [0.717, 1.165) is 11.1 Å². The van der Waals surface area contributed by atoms with Crippen LogP contribution in [0, 0.1) is 6.92 Å². The molecule has 0 saturated heterocycles. The minimum atomic E-state index is -1.34. The summed E-state index contributed by atoms with van der Waals surface area (Å²) in [6, 6.07) is 15.5. The summed E-state index contributed by atoms with van der Waals surface area (Å²) in [5.74, 6) is -0.263. The molecular formula is C17H18O2. The normalized spacial score (nSPS) is 11.4. The van der Waals surface area contributed by atoms with Gasteiger partial charge in [0.1, 0.15) is 5.60 Å². The van der Waals surface area contributed by atoms with Crippen molar-refractivity contribution in [1.82, 2.24) is 0 Å². The predicted octanol–water partition coefficient (Wildman–Crippen LogP) is 3.62. The Hall–Kier alpha value is -1.93. The molecule has 2 heteroatoms. The first kappa shape index (κ1) is 13.5. The van der Waals surface area contributed by atoms with Gasteiger partial charge in [0.15, 0.2) is 5.78 Å². The predicted molar refractivity (Wildman–Crippen MR) is 77.2 cm³/mol. The fourth-order valence-corrected chi connectivity index (χ4v) is 1.94. The van der Waals surface area contributed by atoms with E-state index in [1.165, 1.54) is 19.4 Å². The lowest BCUT2D eigenvalue weighted by Gasteiger charge is -2.16. The third-order valence-electron chi connectivity index (χ3n) is 3.07. The van der Waals surface area contributed by atoms with Gasteiger partial charge >= 0.3 is 0 Å². The largest absolute Gasteiger partial charge is 0.382 e. The average Bonchev–Trinajstić information content (AvgIpc) is 2.38. The zero-order valence-electron chi connectivity index (χ0n) is 11.5. The lowest BCUT2D eigenvalue weighted by atomic mass is 9.94. The molecule has 0 amide bonds. The van der Waals surface area contributed by atoms with Crippen molar-refractivity contribution in [3.8, 4) is 11.1 Å². The molecule has 0 radical (unpaired) electrons. The number of hydrogen-bond donors (Lipinski definition) is 1. The Morgan fingerprint density at radius 2 is 1.63 bits per heavy atom. The van der Waals surface area contributed by atoms with Gasteiger partial charge in [-0.1, -0.05) is 48.0 Å². The molecular weight excluding hydrogens is 236 g/mol. The van der Waals surface area contributed by atoms with E-state index < -0.39 is 5.60 Å². The molecule has 0 heterocycles. The second-order valence-electron chi connectivity index (χ2n) is 5.33. The minimum Gasteiger partial charge on any atom is -0.382 e. The summed E-state index contributed by atoms with van der Waals surface area (Å²) >= 11 is 0. The minimum absolute atomic E-state index is 0.263. The van der Waals surface area contributed by atoms with E-state index in [-0.39, 0.29) is 5.78 Å². The second kappa shape index (κ2) is 4.98. The molecule has 2 aromatic rings. The zero-order chi connectivity index (χ0) is 14.0. The number of carbonyl (C=O) groups excluding carboxylic acids is 1. The Balaban J connectivity index is 2.40. The molecule has 0 fully saturated rings. The molecule has 2 aromatic carbocycles. The third-order valence-corrected chi connectivity index (χ3v) is 3.07. The Morgan fingerprint density at radius 3 is 2.21 bits per heavy atom. The van der Waals surface area contributed by atoms with E-state index in [2.05, 4.69) is 0 Å². The molecule has 98 valence electrons. The van der Waals surface area contributed by atoms with Crippen molar-refractivity contribution < 1.29 is 9.90 Å². The Bertz CT molecular complexity index is 589. The molecule has 0 unspecified atom stereocenters. The fraction of sp³-hybridized carbons (Fsp3) is 0.235. The maximum atomic E-state index is 12.1. The summed E-state index contributed by atoms with van der Waals surface area (Å²) in [6.45, 7) is 5.06. The average molecular weight is 254 g/mol. The summed E-state index contributed by atoms with van der Waals surface area (Å²) in [5.41, 5.74) is 2.44. The number of aliphatic hydroxyl groups is 1. The molecule has 0 atom stereocenters. The van der Waals surface area contributed by atoms with Gasteiger partial charge in [-0.15, -0.1) is 0 Å². The summed E-state index contributed by atoms with van der Waals surface area (Å²) in [5, 5.41) is 9.79. The molecule has 0 aromatic heterocycles. The van der Waals surface area contributed by atoms with Gasteiger partial charge in [-0.05, 0) is 38.0 Å². The van der Waals surface area contributed by atoms with Crippen LogP contribution in [-0.4, -0.2) is 16.5 Å².